The van der Waals surface area contributed by atoms with Crippen LogP contribution < -0.4 is 5.73 Å². The third-order valence-electron chi connectivity index (χ3n) is 2.12. The standard InChI is InChI=1S/C12H14F3N3S/c1-2-4-9(5-3-8-12(13,14)15)6-7-10-17-18-11(16)19-10/h2-5H,1,6-8H2,(H2,16,18)/b5-3-,9-4+. The highest BCUT2D eigenvalue weighted by atomic mass is 32.1. The smallest absolute Gasteiger partial charge is 0.374 e. The largest absolute Gasteiger partial charge is 0.392 e. The Balaban J connectivity index is 2.54. The van der Waals surface area contributed by atoms with Gasteiger partial charge in [0.1, 0.15) is 5.01 Å². The molecule has 0 bridgehead atoms. The van der Waals surface area contributed by atoms with Crippen molar-refractivity contribution in [3.8, 4) is 0 Å². The molecule has 1 aromatic heterocycles. The van der Waals surface area contributed by atoms with E-state index in [2.05, 4.69) is 16.8 Å². The van der Waals surface area contributed by atoms with E-state index < -0.39 is 12.6 Å². The van der Waals surface area contributed by atoms with E-state index in [9.17, 15) is 13.2 Å². The second-order valence-corrected chi connectivity index (χ2v) is 4.83. The van der Waals surface area contributed by atoms with Gasteiger partial charge >= 0.3 is 6.18 Å². The van der Waals surface area contributed by atoms with Gasteiger partial charge in [0.25, 0.3) is 0 Å². The van der Waals surface area contributed by atoms with E-state index in [-0.39, 0.29) is 0 Å². The van der Waals surface area contributed by atoms with Gasteiger partial charge < -0.3 is 5.73 Å². The van der Waals surface area contributed by atoms with Crippen molar-refractivity contribution in [3.05, 3.63) is 41.5 Å². The second-order valence-electron chi connectivity index (χ2n) is 3.73. The van der Waals surface area contributed by atoms with Crippen LogP contribution in [0.25, 0.3) is 0 Å². The lowest BCUT2D eigenvalue weighted by Gasteiger charge is -2.02. The average molecular weight is 289 g/mol. The normalized spacial score (nSPS) is 13.1. The van der Waals surface area contributed by atoms with Crippen LogP contribution in [0.3, 0.4) is 0 Å². The molecule has 0 saturated carbocycles. The number of halogens is 3. The molecule has 3 nitrogen and oxygen atoms in total. The Labute approximate surface area is 113 Å². The van der Waals surface area contributed by atoms with Crippen molar-refractivity contribution in [2.45, 2.75) is 25.4 Å². The molecule has 1 rings (SSSR count). The van der Waals surface area contributed by atoms with Gasteiger partial charge in [-0.1, -0.05) is 42.2 Å². The Morgan fingerprint density at radius 1 is 1.37 bits per heavy atom. The topological polar surface area (TPSA) is 51.8 Å². The Kier molecular flexibility index (Phi) is 5.75. The van der Waals surface area contributed by atoms with Crippen LogP contribution in [0.4, 0.5) is 18.3 Å². The summed E-state index contributed by atoms with van der Waals surface area (Å²) in [4.78, 5) is 0. The molecule has 2 N–H and O–H groups in total. The second kappa shape index (κ2) is 7.08. The highest BCUT2D eigenvalue weighted by Crippen LogP contribution is 2.21. The number of aromatic nitrogens is 2. The Morgan fingerprint density at radius 3 is 2.63 bits per heavy atom. The Bertz CT molecular complexity index is 475. The third kappa shape index (κ3) is 6.76. The molecule has 0 aromatic carbocycles. The van der Waals surface area contributed by atoms with Gasteiger partial charge in [-0.2, -0.15) is 13.2 Å². The van der Waals surface area contributed by atoms with E-state index in [1.54, 1.807) is 12.2 Å². The number of aryl methyl sites for hydroxylation is 1. The first kappa shape index (κ1) is 15.4. The molecule has 1 heterocycles. The summed E-state index contributed by atoms with van der Waals surface area (Å²) in [5, 5.41) is 8.68. The first-order valence-corrected chi connectivity index (χ1v) is 6.35. The Morgan fingerprint density at radius 2 is 2.11 bits per heavy atom. The number of rotatable bonds is 6. The van der Waals surface area contributed by atoms with Crippen LogP contribution in [0.2, 0.25) is 0 Å². The number of nitrogen functional groups attached to an aromatic ring is 1. The minimum absolute atomic E-state index is 0.386. The molecule has 0 fully saturated rings. The van der Waals surface area contributed by atoms with E-state index in [4.69, 9.17) is 5.73 Å². The molecule has 0 unspecified atom stereocenters. The van der Waals surface area contributed by atoms with E-state index in [0.717, 1.165) is 16.7 Å². The highest BCUT2D eigenvalue weighted by Gasteiger charge is 2.24. The molecule has 0 radical (unpaired) electrons. The fraction of sp³-hybridized carbons (Fsp3) is 0.333. The summed E-state index contributed by atoms with van der Waals surface area (Å²) >= 11 is 1.27. The van der Waals surface area contributed by atoms with Gasteiger partial charge in [0, 0.05) is 6.42 Å². The van der Waals surface area contributed by atoms with Crippen LogP contribution in [-0.4, -0.2) is 16.4 Å². The van der Waals surface area contributed by atoms with Crippen molar-refractivity contribution < 1.29 is 13.2 Å². The van der Waals surface area contributed by atoms with Crippen LogP contribution in [-0.2, 0) is 6.42 Å². The molecule has 0 saturated heterocycles. The van der Waals surface area contributed by atoms with Gasteiger partial charge in [-0.15, -0.1) is 10.2 Å². The molecule has 0 atom stereocenters. The van der Waals surface area contributed by atoms with Gasteiger partial charge in [-0.05, 0) is 12.0 Å². The highest BCUT2D eigenvalue weighted by molar-refractivity contribution is 7.15. The van der Waals surface area contributed by atoms with Gasteiger partial charge in [0.2, 0.25) is 5.13 Å². The monoisotopic (exact) mass is 289 g/mol. The summed E-state index contributed by atoms with van der Waals surface area (Å²) in [6, 6.07) is 0. The van der Waals surface area contributed by atoms with Crippen LogP contribution in [0, 0.1) is 0 Å². The van der Waals surface area contributed by atoms with Gasteiger partial charge in [0.15, 0.2) is 0 Å². The van der Waals surface area contributed by atoms with Crippen LogP contribution >= 0.6 is 11.3 Å². The van der Waals surface area contributed by atoms with Gasteiger partial charge in [-0.3, -0.25) is 0 Å². The summed E-state index contributed by atoms with van der Waals surface area (Å²) in [6.45, 7) is 3.54. The maximum absolute atomic E-state index is 12.0. The molecular weight excluding hydrogens is 275 g/mol. The lowest BCUT2D eigenvalue weighted by molar-refractivity contribution is -0.125. The predicted molar refractivity (Wildman–Crippen MR) is 70.7 cm³/mol. The number of alkyl halides is 3. The zero-order valence-corrected chi connectivity index (χ0v) is 11.0. The summed E-state index contributed by atoms with van der Waals surface area (Å²) in [5.41, 5.74) is 6.20. The van der Waals surface area contributed by atoms with Crippen molar-refractivity contribution in [2.75, 3.05) is 5.73 Å². The van der Waals surface area contributed by atoms with Crippen molar-refractivity contribution in [2.24, 2.45) is 0 Å². The van der Waals surface area contributed by atoms with E-state index in [1.165, 1.54) is 17.4 Å². The SMILES string of the molecule is C=C/C=C(\C=C/CC(F)(F)F)CCc1nnc(N)s1. The number of hydrogen-bond donors (Lipinski definition) is 1. The zero-order valence-electron chi connectivity index (χ0n) is 10.2. The number of nitrogens with zero attached hydrogens (tertiary/aromatic N) is 2. The average Bonchev–Trinajstić information content (AvgIpc) is 2.70. The van der Waals surface area contributed by atoms with Crippen molar-refractivity contribution in [3.63, 3.8) is 0 Å². The van der Waals surface area contributed by atoms with E-state index in [0.29, 0.717) is 18.0 Å². The summed E-state index contributed by atoms with van der Waals surface area (Å²) in [7, 11) is 0. The van der Waals surface area contributed by atoms with Crippen molar-refractivity contribution in [1.29, 1.82) is 0 Å². The quantitative estimate of drug-likeness (QED) is 0.813. The van der Waals surface area contributed by atoms with Gasteiger partial charge in [0.05, 0.1) is 6.42 Å². The lowest BCUT2D eigenvalue weighted by atomic mass is 10.1. The molecule has 104 valence electrons. The summed E-state index contributed by atoms with van der Waals surface area (Å²) < 4.78 is 36.1. The van der Waals surface area contributed by atoms with Gasteiger partial charge in [-0.25, -0.2) is 0 Å². The third-order valence-corrected chi connectivity index (χ3v) is 2.94. The number of anilines is 1. The van der Waals surface area contributed by atoms with Crippen molar-refractivity contribution in [1.82, 2.24) is 10.2 Å². The molecule has 19 heavy (non-hydrogen) atoms. The van der Waals surface area contributed by atoms with E-state index in [1.807, 2.05) is 0 Å². The number of nitrogens with two attached hydrogens (primary N) is 1. The lowest BCUT2D eigenvalue weighted by Crippen LogP contribution is -2.04. The fourth-order valence-corrected chi connectivity index (χ4v) is 1.95. The first-order chi connectivity index (χ1) is 8.90. The number of allylic oxidation sites excluding steroid dienone is 5. The van der Waals surface area contributed by atoms with Crippen molar-refractivity contribution >= 4 is 16.5 Å². The molecule has 0 aliphatic rings. The minimum Gasteiger partial charge on any atom is -0.374 e. The molecule has 0 aliphatic carbocycles. The zero-order chi connectivity index (χ0) is 14.3. The predicted octanol–water partition coefficient (Wildman–Crippen LogP) is 3.67. The van der Waals surface area contributed by atoms with Crippen LogP contribution in [0.15, 0.2) is 36.5 Å². The summed E-state index contributed by atoms with van der Waals surface area (Å²) in [6.07, 6.45) is 1.82. The number of hydrogen-bond acceptors (Lipinski definition) is 4. The molecule has 0 amide bonds. The molecule has 7 heteroatoms. The first-order valence-electron chi connectivity index (χ1n) is 5.53. The van der Waals surface area contributed by atoms with E-state index >= 15 is 0 Å². The molecule has 0 aliphatic heterocycles. The molecular formula is C12H14F3N3S. The minimum atomic E-state index is -4.18. The van der Waals surface area contributed by atoms with Crippen LogP contribution in [0.1, 0.15) is 17.8 Å². The molecule has 1 aromatic rings. The molecule has 0 spiro atoms. The van der Waals surface area contributed by atoms with Crippen LogP contribution in [0.5, 0.6) is 0 Å². The summed E-state index contributed by atoms with van der Waals surface area (Å²) in [5.74, 6) is 0. The Hall–Kier alpha value is -1.63. The fourth-order valence-electron chi connectivity index (χ4n) is 1.34. The maximum atomic E-state index is 12.0. The maximum Gasteiger partial charge on any atom is 0.392 e.